The molecule has 3 aromatic rings. The van der Waals surface area contributed by atoms with Gasteiger partial charge in [0.15, 0.2) is 0 Å². The number of hydrogen-bond acceptors (Lipinski definition) is 3. The van der Waals surface area contributed by atoms with Crippen LogP contribution in [-0.2, 0) is 13.0 Å². The number of benzene rings is 2. The van der Waals surface area contributed by atoms with E-state index in [-0.39, 0.29) is 11.5 Å². The monoisotopic (exact) mass is 313 g/mol. The molecule has 0 aliphatic carbocycles. The normalized spacial score (nSPS) is 10.7. The van der Waals surface area contributed by atoms with Crippen LogP contribution in [0.2, 0.25) is 0 Å². The van der Waals surface area contributed by atoms with Crippen LogP contribution >= 0.6 is 0 Å². The number of rotatable bonds is 5. The highest BCUT2D eigenvalue weighted by molar-refractivity contribution is 5.30. The van der Waals surface area contributed by atoms with Crippen molar-refractivity contribution in [1.82, 2.24) is 14.8 Å². The van der Waals surface area contributed by atoms with Gasteiger partial charge < -0.3 is 4.74 Å². The molecule has 0 unspecified atom stereocenters. The van der Waals surface area contributed by atoms with E-state index in [1.54, 1.807) is 23.8 Å². The van der Waals surface area contributed by atoms with E-state index in [4.69, 9.17) is 4.74 Å². The smallest absolute Gasteiger partial charge is 0.343 e. The largest absolute Gasteiger partial charge is 0.497 e. The molecule has 0 radical (unpaired) electrons. The average molecular weight is 313 g/mol. The second kappa shape index (κ2) is 6.48. The Balaban J connectivity index is 1.86. The summed E-state index contributed by atoms with van der Waals surface area (Å²) in [7, 11) is 1.61. The summed E-state index contributed by atoms with van der Waals surface area (Å²) < 4.78 is 19.7. The molecular formula is C17H16FN3O2. The highest BCUT2D eigenvalue weighted by Gasteiger charge is 2.10. The lowest BCUT2D eigenvalue weighted by Gasteiger charge is -2.07. The van der Waals surface area contributed by atoms with Crippen molar-refractivity contribution in [1.29, 1.82) is 0 Å². The van der Waals surface area contributed by atoms with Gasteiger partial charge in [-0.2, -0.15) is 5.10 Å². The van der Waals surface area contributed by atoms with Gasteiger partial charge in [-0.1, -0.05) is 24.3 Å². The van der Waals surface area contributed by atoms with Crippen molar-refractivity contribution in [2.45, 2.75) is 13.0 Å². The lowest BCUT2D eigenvalue weighted by molar-refractivity contribution is 0.414. The molecule has 0 bridgehead atoms. The van der Waals surface area contributed by atoms with Crippen molar-refractivity contribution in [3.63, 3.8) is 0 Å². The number of aromatic amines is 1. The Labute approximate surface area is 132 Å². The molecule has 0 atom stereocenters. The molecule has 1 heterocycles. The first-order chi connectivity index (χ1) is 11.2. The molecule has 5 nitrogen and oxygen atoms in total. The molecule has 0 aliphatic heterocycles. The van der Waals surface area contributed by atoms with Crippen LogP contribution in [0.25, 0.3) is 0 Å². The molecule has 0 amide bonds. The van der Waals surface area contributed by atoms with Crippen LogP contribution in [-0.4, -0.2) is 21.9 Å². The maximum atomic E-state index is 13.0. The number of hydrogen-bond donors (Lipinski definition) is 1. The molecule has 0 spiro atoms. The summed E-state index contributed by atoms with van der Waals surface area (Å²) in [6.07, 6.45) is 0.497. The predicted molar refractivity (Wildman–Crippen MR) is 84.1 cm³/mol. The molecule has 1 N–H and O–H groups in total. The van der Waals surface area contributed by atoms with Gasteiger partial charge in [0.2, 0.25) is 0 Å². The van der Waals surface area contributed by atoms with Crippen LogP contribution in [0.5, 0.6) is 5.75 Å². The number of H-pyrrole nitrogens is 1. The number of nitrogens with one attached hydrogen (secondary N) is 1. The van der Waals surface area contributed by atoms with Crippen LogP contribution in [0, 0.1) is 5.82 Å². The first kappa shape index (κ1) is 15.0. The first-order valence-corrected chi connectivity index (χ1v) is 7.17. The first-order valence-electron chi connectivity index (χ1n) is 7.17. The Kier molecular flexibility index (Phi) is 4.23. The Bertz CT molecular complexity index is 853. The maximum Gasteiger partial charge on any atom is 0.343 e. The number of methoxy groups -OCH3 is 1. The summed E-state index contributed by atoms with van der Waals surface area (Å²) in [5, 5.41) is 6.56. The van der Waals surface area contributed by atoms with Crippen LogP contribution in [0.1, 0.15) is 17.0 Å². The maximum absolute atomic E-state index is 13.0. The molecule has 0 fully saturated rings. The Morgan fingerprint density at radius 1 is 1.17 bits per heavy atom. The molecule has 3 rings (SSSR count). The van der Waals surface area contributed by atoms with Crippen LogP contribution in [0.15, 0.2) is 53.3 Å². The van der Waals surface area contributed by atoms with Crippen molar-refractivity contribution in [2.24, 2.45) is 0 Å². The molecule has 1 aromatic heterocycles. The SMILES string of the molecule is COc1cccc(Cc2n[nH]c(=O)n2Cc2ccc(F)cc2)c1. The van der Waals surface area contributed by atoms with Crippen molar-refractivity contribution in [3.05, 3.63) is 81.8 Å². The van der Waals surface area contributed by atoms with Crippen molar-refractivity contribution in [2.75, 3.05) is 7.11 Å². The van der Waals surface area contributed by atoms with E-state index in [0.29, 0.717) is 18.8 Å². The standard InChI is InChI=1S/C17H16FN3O2/c1-23-15-4-2-3-13(9-15)10-16-19-20-17(22)21(16)11-12-5-7-14(18)8-6-12/h2-9H,10-11H2,1H3,(H,20,22). The van der Waals surface area contributed by atoms with Gasteiger partial charge in [0.1, 0.15) is 17.4 Å². The van der Waals surface area contributed by atoms with Gasteiger partial charge in [-0.05, 0) is 35.4 Å². The summed E-state index contributed by atoms with van der Waals surface area (Å²) in [6.45, 7) is 0.342. The van der Waals surface area contributed by atoms with Crippen LogP contribution in [0.3, 0.4) is 0 Å². The van der Waals surface area contributed by atoms with E-state index in [2.05, 4.69) is 10.2 Å². The van der Waals surface area contributed by atoms with E-state index >= 15 is 0 Å². The van der Waals surface area contributed by atoms with Gasteiger partial charge in [-0.15, -0.1) is 0 Å². The summed E-state index contributed by atoms with van der Waals surface area (Å²) in [4.78, 5) is 12.0. The van der Waals surface area contributed by atoms with E-state index in [1.807, 2.05) is 24.3 Å². The van der Waals surface area contributed by atoms with E-state index in [0.717, 1.165) is 16.9 Å². The molecule has 118 valence electrons. The van der Waals surface area contributed by atoms with Crippen LogP contribution < -0.4 is 10.4 Å². The Hall–Kier alpha value is -2.89. The zero-order chi connectivity index (χ0) is 16.2. The quantitative estimate of drug-likeness (QED) is 0.786. The minimum atomic E-state index is -0.301. The fourth-order valence-corrected chi connectivity index (χ4v) is 2.39. The third kappa shape index (κ3) is 3.48. The minimum Gasteiger partial charge on any atom is -0.497 e. The lowest BCUT2D eigenvalue weighted by atomic mass is 10.1. The van der Waals surface area contributed by atoms with Crippen molar-refractivity contribution >= 4 is 0 Å². The molecule has 0 saturated heterocycles. The second-order valence-electron chi connectivity index (χ2n) is 5.19. The summed E-state index contributed by atoms with van der Waals surface area (Å²) in [5.74, 6) is 1.07. The number of nitrogens with zero attached hydrogens (tertiary/aromatic N) is 2. The highest BCUT2D eigenvalue weighted by atomic mass is 19.1. The van der Waals surface area contributed by atoms with Gasteiger partial charge in [-0.3, -0.25) is 4.57 Å². The number of ether oxygens (including phenoxy) is 1. The average Bonchev–Trinajstić information content (AvgIpc) is 2.90. The summed E-state index contributed by atoms with van der Waals surface area (Å²) in [5.41, 5.74) is 1.54. The summed E-state index contributed by atoms with van der Waals surface area (Å²) >= 11 is 0. The lowest BCUT2D eigenvalue weighted by Crippen LogP contribution is -2.19. The third-order valence-electron chi connectivity index (χ3n) is 3.59. The zero-order valence-corrected chi connectivity index (χ0v) is 12.6. The third-order valence-corrected chi connectivity index (χ3v) is 3.59. The number of aromatic nitrogens is 3. The molecule has 2 aromatic carbocycles. The zero-order valence-electron chi connectivity index (χ0n) is 12.6. The Morgan fingerprint density at radius 2 is 1.96 bits per heavy atom. The predicted octanol–water partition coefficient (Wildman–Crippen LogP) is 2.36. The Morgan fingerprint density at radius 3 is 2.70 bits per heavy atom. The molecule has 23 heavy (non-hydrogen) atoms. The van der Waals surface area contributed by atoms with E-state index < -0.39 is 0 Å². The highest BCUT2D eigenvalue weighted by Crippen LogP contribution is 2.15. The molecule has 0 aliphatic rings. The molecule has 0 saturated carbocycles. The number of halogens is 1. The van der Waals surface area contributed by atoms with E-state index in [1.165, 1.54) is 12.1 Å². The van der Waals surface area contributed by atoms with Gasteiger partial charge in [0.25, 0.3) is 0 Å². The van der Waals surface area contributed by atoms with Crippen molar-refractivity contribution in [3.8, 4) is 5.75 Å². The second-order valence-corrected chi connectivity index (χ2v) is 5.19. The minimum absolute atomic E-state index is 0.285. The van der Waals surface area contributed by atoms with Gasteiger partial charge >= 0.3 is 5.69 Å². The fourth-order valence-electron chi connectivity index (χ4n) is 2.39. The van der Waals surface area contributed by atoms with Crippen LogP contribution in [0.4, 0.5) is 4.39 Å². The molecular weight excluding hydrogens is 297 g/mol. The fraction of sp³-hybridized carbons (Fsp3) is 0.176. The van der Waals surface area contributed by atoms with Crippen molar-refractivity contribution < 1.29 is 9.13 Å². The van der Waals surface area contributed by atoms with E-state index in [9.17, 15) is 9.18 Å². The summed E-state index contributed by atoms with van der Waals surface area (Å²) in [6, 6.07) is 13.7. The molecule has 6 heteroatoms. The van der Waals surface area contributed by atoms with Gasteiger partial charge in [0.05, 0.1) is 13.7 Å². The topological polar surface area (TPSA) is 59.9 Å². The van der Waals surface area contributed by atoms with Gasteiger partial charge in [0, 0.05) is 6.42 Å². The van der Waals surface area contributed by atoms with Gasteiger partial charge in [-0.25, -0.2) is 14.3 Å².